The summed E-state index contributed by atoms with van der Waals surface area (Å²) in [6, 6.07) is 9.29. The molecule has 0 N–H and O–H groups in total. The fourth-order valence-electron chi connectivity index (χ4n) is 1.53. The SMILES string of the molecule is N#CC1(c2cccc(C(=O)Cl)c2)CC1. The number of benzene rings is 1. The van der Waals surface area contributed by atoms with Crippen molar-refractivity contribution < 1.29 is 4.79 Å². The second-order valence-electron chi connectivity index (χ2n) is 3.55. The monoisotopic (exact) mass is 205 g/mol. The Morgan fingerprint density at radius 2 is 2.21 bits per heavy atom. The molecule has 0 saturated heterocycles. The Balaban J connectivity index is 2.42. The van der Waals surface area contributed by atoms with Crippen LogP contribution in [0.3, 0.4) is 0 Å². The van der Waals surface area contributed by atoms with E-state index < -0.39 is 5.24 Å². The molecular weight excluding hydrogens is 198 g/mol. The number of hydrogen-bond donors (Lipinski definition) is 0. The van der Waals surface area contributed by atoms with Gasteiger partial charge in [-0.25, -0.2) is 0 Å². The molecule has 1 aliphatic rings. The molecule has 2 rings (SSSR count). The van der Waals surface area contributed by atoms with Gasteiger partial charge in [0.05, 0.1) is 11.5 Å². The number of halogens is 1. The van der Waals surface area contributed by atoms with Crippen molar-refractivity contribution in [2.24, 2.45) is 0 Å². The molecule has 0 unspecified atom stereocenters. The lowest BCUT2D eigenvalue weighted by molar-refractivity contribution is 0.108. The number of nitrogens with zero attached hydrogens (tertiary/aromatic N) is 1. The van der Waals surface area contributed by atoms with Crippen LogP contribution in [0.4, 0.5) is 0 Å². The number of nitriles is 1. The van der Waals surface area contributed by atoms with Gasteiger partial charge in [0.25, 0.3) is 5.24 Å². The van der Waals surface area contributed by atoms with E-state index in [9.17, 15) is 4.79 Å². The molecule has 0 atom stereocenters. The number of rotatable bonds is 2. The summed E-state index contributed by atoms with van der Waals surface area (Å²) in [7, 11) is 0. The second kappa shape index (κ2) is 3.11. The minimum atomic E-state index is -0.472. The molecule has 1 aromatic rings. The molecule has 14 heavy (non-hydrogen) atoms. The van der Waals surface area contributed by atoms with Crippen LogP contribution in [0.1, 0.15) is 28.8 Å². The van der Waals surface area contributed by atoms with Crippen molar-refractivity contribution in [3.05, 3.63) is 35.4 Å². The van der Waals surface area contributed by atoms with Crippen LogP contribution in [-0.4, -0.2) is 5.24 Å². The van der Waals surface area contributed by atoms with E-state index in [1.54, 1.807) is 18.2 Å². The predicted octanol–water partition coefficient (Wildman–Crippen LogP) is 2.62. The molecule has 2 nitrogen and oxygen atoms in total. The van der Waals surface area contributed by atoms with E-state index in [-0.39, 0.29) is 5.41 Å². The van der Waals surface area contributed by atoms with Crippen molar-refractivity contribution in [3.8, 4) is 6.07 Å². The van der Waals surface area contributed by atoms with Crippen molar-refractivity contribution >= 4 is 16.8 Å². The van der Waals surface area contributed by atoms with Gasteiger partial charge < -0.3 is 0 Å². The summed E-state index contributed by atoms with van der Waals surface area (Å²) < 4.78 is 0. The van der Waals surface area contributed by atoms with E-state index >= 15 is 0 Å². The molecule has 0 radical (unpaired) electrons. The van der Waals surface area contributed by atoms with Crippen molar-refractivity contribution in [3.63, 3.8) is 0 Å². The van der Waals surface area contributed by atoms with Gasteiger partial charge in [-0.3, -0.25) is 4.79 Å². The molecule has 1 fully saturated rings. The summed E-state index contributed by atoms with van der Waals surface area (Å²) in [5.74, 6) is 0. The quantitative estimate of drug-likeness (QED) is 0.697. The summed E-state index contributed by atoms with van der Waals surface area (Å²) in [5, 5.41) is 8.50. The van der Waals surface area contributed by atoms with Gasteiger partial charge in [0.2, 0.25) is 0 Å². The first-order chi connectivity index (χ1) is 6.68. The zero-order valence-electron chi connectivity index (χ0n) is 7.46. The van der Waals surface area contributed by atoms with Crippen LogP contribution in [0.25, 0.3) is 0 Å². The molecule has 3 heteroatoms. The lowest BCUT2D eigenvalue weighted by Gasteiger charge is -2.06. The first kappa shape index (κ1) is 9.23. The molecule has 0 aliphatic heterocycles. The van der Waals surface area contributed by atoms with Crippen LogP contribution in [0.15, 0.2) is 24.3 Å². The third kappa shape index (κ3) is 1.40. The first-order valence-electron chi connectivity index (χ1n) is 4.40. The lowest BCUT2D eigenvalue weighted by atomic mass is 9.96. The first-order valence-corrected chi connectivity index (χ1v) is 4.77. The number of hydrogen-bond acceptors (Lipinski definition) is 2. The molecule has 0 amide bonds. The molecule has 0 spiro atoms. The Morgan fingerprint density at radius 3 is 2.71 bits per heavy atom. The fourth-order valence-corrected chi connectivity index (χ4v) is 1.65. The van der Waals surface area contributed by atoms with E-state index in [0.717, 1.165) is 18.4 Å². The highest BCUT2D eigenvalue weighted by atomic mass is 35.5. The smallest absolute Gasteiger partial charge is 0.252 e. The molecule has 1 aromatic carbocycles. The molecule has 0 heterocycles. The third-order valence-corrected chi connectivity index (χ3v) is 2.82. The van der Waals surface area contributed by atoms with Gasteiger partial charge in [-0.15, -0.1) is 0 Å². The molecule has 70 valence electrons. The fraction of sp³-hybridized carbons (Fsp3) is 0.273. The minimum Gasteiger partial charge on any atom is -0.276 e. The van der Waals surface area contributed by atoms with Gasteiger partial charge in [0.15, 0.2) is 0 Å². The molecule has 1 saturated carbocycles. The van der Waals surface area contributed by atoms with E-state index in [1.807, 2.05) is 6.07 Å². The van der Waals surface area contributed by atoms with Gasteiger partial charge in [-0.05, 0) is 36.1 Å². The topological polar surface area (TPSA) is 40.9 Å². The summed E-state index contributed by atoms with van der Waals surface area (Å²) in [4.78, 5) is 10.9. The zero-order chi connectivity index (χ0) is 10.2. The van der Waals surface area contributed by atoms with E-state index in [4.69, 9.17) is 16.9 Å². The Bertz CT molecular complexity index is 429. The van der Waals surface area contributed by atoms with E-state index in [1.165, 1.54) is 0 Å². The van der Waals surface area contributed by atoms with Gasteiger partial charge in [-0.1, -0.05) is 18.2 Å². The maximum absolute atomic E-state index is 10.9. The van der Waals surface area contributed by atoms with E-state index in [0.29, 0.717) is 5.56 Å². The number of carbonyl (C=O) groups excluding carboxylic acids is 1. The number of carbonyl (C=O) groups is 1. The standard InChI is InChI=1S/C11H8ClNO/c12-10(14)8-2-1-3-9(6-8)11(7-13)4-5-11/h1-3,6H,4-5H2. The zero-order valence-corrected chi connectivity index (χ0v) is 8.21. The van der Waals surface area contributed by atoms with Crippen molar-refractivity contribution in [1.29, 1.82) is 5.26 Å². The van der Waals surface area contributed by atoms with Crippen LogP contribution in [0, 0.1) is 11.3 Å². The summed E-state index contributed by atoms with van der Waals surface area (Å²) >= 11 is 5.37. The van der Waals surface area contributed by atoms with Gasteiger partial charge >= 0.3 is 0 Å². The van der Waals surface area contributed by atoms with Crippen LogP contribution >= 0.6 is 11.6 Å². The average molecular weight is 206 g/mol. The van der Waals surface area contributed by atoms with Crippen molar-refractivity contribution in [1.82, 2.24) is 0 Å². The largest absolute Gasteiger partial charge is 0.276 e. The van der Waals surface area contributed by atoms with Crippen LogP contribution in [0.2, 0.25) is 0 Å². The molecule has 0 aromatic heterocycles. The van der Waals surface area contributed by atoms with Gasteiger partial charge in [0.1, 0.15) is 0 Å². The van der Waals surface area contributed by atoms with Crippen molar-refractivity contribution in [2.45, 2.75) is 18.3 Å². The van der Waals surface area contributed by atoms with Gasteiger partial charge in [-0.2, -0.15) is 5.26 Å². The van der Waals surface area contributed by atoms with Gasteiger partial charge in [0, 0.05) is 5.56 Å². The van der Waals surface area contributed by atoms with Crippen LogP contribution in [-0.2, 0) is 5.41 Å². The lowest BCUT2D eigenvalue weighted by Crippen LogP contribution is -2.03. The Morgan fingerprint density at radius 1 is 1.50 bits per heavy atom. The minimum absolute atomic E-state index is 0.345. The van der Waals surface area contributed by atoms with Crippen LogP contribution < -0.4 is 0 Å². The normalized spacial score (nSPS) is 17.1. The maximum atomic E-state index is 10.9. The highest BCUT2D eigenvalue weighted by Crippen LogP contribution is 2.47. The third-order valence-electron chi connectivity index (χ3n) is 2.61. The maximum Gasteiger partial charge on any atom is 0.252 e. The highest BCUT2D eigenvalue weighted by Gasteiger charge is 2.44. The predicted molar refractivity (Wildman–Crippen MR) is 53.2 cm³/mol. The Hall–Kier alpha value is -1.33. The Labute approximate surface area is 87.1 Å². The van der Waals surface area contributed by atoms with Crippen molar-refractivity contribution in [2.75, 3.05) is 0 Å². The Kier molecular flexibility index (Phi) is 2.05. The summed E-state index contributed by atoms with van der Waals surface area (Å²) in [5.41, 5.74) is 1.03. The molecular formula is C11H8ClNO. The highest BCUT2D eigenvalue weighted by molar-refractivity contribution is 6.67. The van der Waals surface area contributed by atoms with Crippen LogP contribution in [0.5, 0.6) is 0 Å². The van der Waals surface area contributed by atoms with E-state index in [2.05, 4.69) is 6.07 Å². The molecule has 0 bridgehead atoms. The second-order valence-corrected chi connectivity index (χ2v) is 3.89. The molecule has 1 aliphatic carbocycles. The average Bonchev–Trinajstić information content (AvgIpc) is 2.98. The summed E-state index contributed by atoms with van der Waals surface area (Å²) in [6.45, 7) is 0. The summed E-state index contributed by atoms with van der Waals surface area (Å²) in [6.07, 6.45) is 1.76.